The van der Waals surface area contributed by atoms with Crippen molar-refractivity contribution in [2.24, 2.45) is 11.8 Å². The summed E-state index contributed by atoms with van der Waals surface area (Å²) in [6, 6.07) is 9.84. The van der Waals surface area contributed by atoms with Gasteiger partial charge in [0, 0.05) is 11.6 Å². The van der Waals surface area contributed by atoms with Crippen molar-refractivity contribution in [1.82, 2.24) is 10.9 Å². The fourth-order valence-electron chi connectivity index (χ4n) is 3.83. The van der Waals surface area contributed by atoms with E-state index in [0.717, 1.165) is 11.8 Å². The number of hydrazine groups is 1. The topological polar surface area (TPSA) is 41.1 Å². The van der Waals surface area contributed by atoms with E-state index >= 15 is 0 Å². The van der Waals surface area contributed by atoms with Crippen LogP contribution >= 0.6 is 0 Å². The van der Waals surface area contributed by atoms with Crippen molar-refractivity contribution in [2.75, 3.05) is 0 Å². The molecule has 2 saturated carbocycles. The van der Waals surface area contributed by atoms with E-state index in [-0.39, 0.29) is 5.91 Å². The van der Waals surface area contributed by atoms with Crippen LogP contribution in [0.4, 0.5) is 0 Å². The van der Waals surface area contributed by atoms with E-state index < -0.39 is 0 Å². The van der Waals surface area contributed by atoms with Crippen molar-refractivity contribution >= 4 is 5.91 Å². The summed E-state index contributed by atoms with van der Waals surface area (Å²) in [6.45, 7) is 0. The van der Waals surface area contributed by atoms with E-state index in [0.29, 0.717) is 11.6 Å². The molecule has 0 aliphatic heterocycles. The molecule has 1 amide bonds. The summed E-state index contributed by atoms with van der Waals surface area (Å²) < 4.78 is 0. The van der Waals surface area contributed by atoms with E-state index in [4.69, 9.17) is 0 Å². The molecule has 2 fully saturated rings. The summed E-state index contributed by atoms with van der Waals surface area (Å²) in [6.07, 6.45) is 9.36. The Morgan fingerprint density at radius 2 is 1.70 bits per heavy atom. The molecule has 0 heterocycles. The van der Waals surface area contributed by atoms with Crippen LogP contribution in [0.1, 0.15) is 55.3 Å². The minimum absolute atomic E-state index is 0.0311. The van der Waals surface area contributed by atoms with Crippen LogP contribution in [0.2, 0.25) is 0 Å². The Morgan fingerprint density at radius 3 is 2.50 bits per heavy atom. The minimum Gasteiger partial charge on any atom is -0.287 e. The zero-order valence-electron chi connectivity index (χ0n) is 12.0. The van der Waals surface area contributed by atoms with Gasteiger partial charge in [0.25, 0.3) is 5.91 Å². The van der Waals surface area contributed by atoms with E-state index in [1.165, 1.54) is 44.9 Å². The molecule has 0 aromatic heterocycles. The van der Waals surface area contributed by atoms with Gasteiger partial charge in [-0.3, -0.25) is 10.2 Å². The molecule has 0 radical (unpaired) electrons. The molecule has 3 heteroatoms. The van der Waals surface area contributed by atoms with E-state index in [1.54, 1.807) is 0 Å². The number of hydrogen-bond acceptors (Lipinski definition) is 2. The second-order valence-corrected chi connectivity index (χ2v) is 6.28. The largest absolute Gasteiger partial charge is 0.287 e. The lowest BCUT2D eigenvalue weighted by Crippen LogP contribution is -2.47. The van der Waals surface area contributed by atoms with Crippen LogP contribution < -0.4 is 10.9 Å². The average Bonchev–Trinajstić information content (AvgIpc) is 2.53. The monoisotopic (exact) mass is 272 g/mol. The number of nitrogens with one attached hydrogen (secondary N) is 2. The first-order chi connectivity index (χ1) is 9.83. The minimum atomic E-state index is -0.0311. The van der Waals surface area contributed by atoms with E-state index in [2.05, 4.69) is 10.9 Å². The number of carbonyl (C=O) groups excluding carboxylic acids is 1. The lowest BCUT2D eigenvalue weighted by atomic mass is 9.69. The Kier molecular flexibility index (Phi) is 4.36. The maximum absolute atomic E-state index is 12.0. The van der Waals surface area contributed by atoms with Crippen LogP contribution in [-0.4, -0.2) is 11.9 Å². The molecule has 1 aromatic carbocycles. The fraction of sp³-hybridized carbons (Fsp3) is 0.588. The standard InChI is InChI=1S/C17H24N2O/c20-17(14-7-2-1-3-8-14)19-18-16-11-10-13-6-4-5-9-15(13)12-16/h1-3,7-8,13,15-16,18H,4-6,9-12H2,(H,19,20)/t13-,15-,16+/m0/s1. The third-order valence-corrected chi connectivity index (χ3v) is 4.97. The average molecular weight is 272 g/mol. The van der Waals surface area contributed by atoms with Gasteiger partial charge in [-0.15, -0.1) is 0 Å². The first-order valence-corrected chi connectivity index (χ1v) is 7.94. The number of hydrogen-bond donors (Lipinski definition) is 2. The SMILES string of the molecule is O=C(NN[C@@H]1CC[C@@H]2CCCC[C@H]2C1)c1ccccc1. The van der Waals surface area contributed by atoms with Crippen LogP contribution in [0.25, 0.3) is 0 Å². The summed E-state index contributed by atoms with van der Waals surface area (Å²) in [5.74, 6) is 1.80. The fourth-order valence-corrected chi connectivity index (χ4v) is 3.83. The highest BCUT2D eigenvalue weighted by atomic mass is 16.2. The maximum Gasteiger partial charge on any atom is 0.265 e. The van der Waals surface area contributed by atoms with Crippen LogP contribution in [-0.2, 0) is 0 Å². The zero-order valence-corrected chi connectivity index (χ0v) is 12.0. The molecule has 2 N–H and O–H groups in total. The van der Waals surface area contributed by atoms with Crippen molar-refractivity contribution in [2.45, 2.75) is 51.0 Å². The van der Waals surface area contributed by atoms with Gasteiger partial charge in [0.2, 0.25) is 0 Å². The van der Waals surface area contributed by atoms with Gasteiger partial charge in [0.1, 0.15) is 0 Å². The number of amides is 1. The van der Waals surface area contributed by atoms with Gasteiger partial charge in [0.05, 0.1) is 0 Å². The van der Waals surface area contributed by atoms with Gasteiger partial charge >= 0.3 is 0 Å². The van der Waals surface area contributed by atoms with Crippen molar-refractivity contribution in [3.63, 3.8) is 0 Å². The van der Waals surface area contributed by atoms with E-state index in [1.807, 2.05) is 30.3 Å². The third kappa shape index (κ3) is 3.21. The molecule has 2 aliphatic carbocycles. The highest BCUT2D eigenvalue weighted by Gasteiger charge is 2.32. The molecule has 0 bridgehead atoms. The Balaban J connectivity index is 1.48. The Bertz CT molecular complexity index is 446. The van der Waals surface area contributed by atoms with Crippen LogP contribution in [0.5, 0.6) is 0 Å². The predicted octanol–water partition coefficient (Wildman–Crippen LogP) is 3.28. The van der Waals surface area contributed by atoms with Gasteiger partial charge in [-0.25, -0.2) is 5.43 Å². The second-order valence-electron chi connectivity index (χ2n) is 6.28. The van der Waals surface area contributed by atoms with Crippen LogP contribution in [0, 0.1) is 11.8 Å². The first kappa shape index (κ1) is 13.6. The van der Waals surface area contributed by atoms with Crippen molar-refractivity contribution in [3.05, 3.63) is 35.9 Å². The molecular formula is C17H24N2O. The number of benzene rings is 1. The quantitative estimate of drug-likeness (QED) is 0.829. The molecular weight excluding hydrogens is 248 g/mol. The maximum atomic E-state index is 12.0. The summed E-state index contributed by atoms with van der Waals surface area (Å²) in [4.78, 5) is 12.0. The van der Waals surface area contributed by atoms with Gasteiger partial charge in [-0.2, -0.15) is 0 Å². The lowest BCUT2D eigenvalue weighted by molar-refractivity contribution is 0.0890. The van der Waals surface area contributed by atoms with Gasteiger partial charge in [-0.05, 0) is 43.2 Å². The van der Waals surface area contributed by atoms with Crippen molar-refractivity contribution in [1.29, 1.82) is 0 Å². The lowest BCUT2D eigenvalue weighted by Gasteiger charge is -2.39. The number of rotatable bonds is 3. The zero-order chi connectivity index (χ0) is 13.8. The molecule has 108 valence electrons. The summed E-state index contributed by atoms with van der Waals surface area (Å²) in [5, 5.41) is 0. The molecule has 2 aliphatic rings. The first-order valence-electron chi connectivity index (χ1n) is 7.94. The molecule has 20 heavy (non-hydrogen) atoms. The van der Waals surface area contributed by atoms with Gasteiger partial charge in [0.15, 0.2) is 0 Å². The smallest absolute Gasteiger partial charge is 0.265 e. The van der Waals surface area contributed by atoms with Crippen LogP contribution in [0.15, 0.2) is 30.3 Å². The number of carbonyl (C=O) groups is 1. The molecule has 3 nitrogen and oxygen atoms in total. The normalized spacial score (nSPS) is 29.5. The van der Waals surface area contributed by atoms with Crippen LogP contribution in [0.3, 0.4) is 0 Å². The third-order valence-electron chi connectivity index (χ3n) is 4.97. The highest BCUT2D eigenvalue weighted by Crippen LogP contribution is 2.40. The molecule has 3 atom stereocenters. The summed E-state index contributed by atoms with van der Waals surface area (Å²) in [7, 11) is 0. The molecule has 0 unspecified atom stereocenters. The highest BCUT2D eigenvalue weighted by molar-refractivity contribution is 5.93. The van der Waals surface area contributed by atoms with Crippen molar-refractivity contribution < 1.29 is 4.79 Å². The number of fused-ring (bicyclic) bond motifs is 1. The van der Waals surface area contributed by atoms with Gasteiger partial charge in [-0.1, -0.05) is 43.9 Å². The Morgan fingerprint density at radius 1 is 0.950 bits per heavy atom. The summed E-state index contributed by atoms with van der Waals surface area (Å²) >= 11 is 0. The van der Waals surface area contributed by atoms with Crippen molar-refractivity contribution in [3.8, 4) is 0 Å². The van der Waals surface area contributed by atoms with E-state index in [9.17, 15) is 4.79 Å². The Hall–Kier alpha value is -1.35. The van der Waals surface area contributed by atoms with Gasteiger partial charge < -0.3 is 0 Å². The predicted molar refractivity (Wildman–Crippen MR) is 80.1 cm³/mol. The Labute approximate surface area is 121 Å². The molecule has 0 saturated heterocycles. The summed E-state index contributed by atoms with van der Waals surface area (Å²) in [5.41, 5.74) is 6.84. The molecule has 0 spiro atoms. The molecule has 3 rings (SSSR count). The second kappa shape index (κ2) is 6.40. The molecule has 1 aromatic rings.